The van der Waals surface area contributed by atoms with E-state index in [4.69, 9.17) is 21.3 Å². The molecule has 1 aliphatic carbocycles. The fourth-order valence-corrected chi connectivity index (χ4v) is 4.82. The van der Waals surface area contributed by atoms with Gasteiger partial charge in [0.15, 0.2) is 0 Å². The van der Waals surface area contributed by atoms with Crippen molar-refractivity contribution >= 4 is 11.7 Å². The maximum Gasteiger partial charge on any atom is 0.245 e. The monoisotopic (exact) mass is 409 g/mol. The summed E-state index contributed by atoms with van der Waals surface area (Å²) >= 11 is 0. The molecule has 1 spiro atoms. The van der Waals surface area contributed by atoms with Gasteiger partial charge in [0.25, 0.3) is 0 Å². The molecule has 0 bridgehead atoms. The summed E-state index contributed by atoms with van der Waals surface area (Å²) in [4.78, 5) is 13.8. The van der Waals surface area contributed by atoms with Crippen molar-refractivity contribution in [2.75, 3.05) is 25.4 Å². The number of benzene rings is 1. The molecule has 1 amide bonds. The van der Waals surface area contributed by atoms with Crippen LogP contribution in [-0.4, -0.2) is 40.3 Å². The van der Waals surface area contributed by atoms with Gasteiger partial charge in [-0.25, -0.2) is 4.68 Å². The normalized spacial score (nSPS) is 22.9. The zero-order valence-corrected chi connectivity index (χ0v) is 17.6. The summed E-state index contributed by atoms with van der Waals surface area (Å²) < 4.78 is 7.62. The molecule has 1 aromatic heterocycles. The number of nitrogens with zero attached hydrogens (tertiary/aromatic N) is 3. The second kappa shape index (κ2) is 8.14. The first-order chi connectivity index (χ1) is 14.5. The van der Waals surface area contributed by atoms with E-state index >= 15 is 0 Å². The number of nitrogen functional groups attached to an aromatic ring is 1. The zero-order chi connectivity index (χ0) is 21.3. The highest BCUT2D eigenvalue weighted by atomic mass is 16.5. The number of hydrogen-bond donors (Lipinski definition) is 2. The Bertz CT molecular complexity index is 928. The van der Waals surface area contributed by atoms with Crippen LogP contribution >= 0.6 is 0 Å². The number of likely N-dealkylation sites (tertiary alicyclic amines) is 1. The van der Waals surface area contributed by atoms with Gasteiger partial charge in [-0.15, -0.1) is 0 Å². The largest absolute Gasteiger partial charge is 0.494 e. The van der Waals surface area contributed by atoms with E-state index in [2.05, 4.69) is 13.5 Å². The number of rotatable bonds is 7. The van der Waals surface area contributed by atoms with E-state index in [1.807, 2.05) is 33.8 Å². The van der Waals surface area contributed by atoms with Gasteiger partial charge >= 0.3 is 0 Å². The molecule has 4 N–H and O–H groups in total. The van der Waals surface area contributed by atoms with E-state index in [-0.39, 0.29) is 17.4 Å². The minimum atomic E-state index is 0.0213. The van der Waals surface area contributed by atoms with Gasteiger partial charge in [-0.1, -0.05) is 13.5 Å². The van der Waals surface area contributed by atoms with Crippen molar-refractivity contribution in [3.8, 4) is 17.0 Å². The molecule has 1 aromatic carbocycles. The number of amides is 1. The molecule has 2 fully saturated rings. The molecule has 30 heavy (non-hydrogen) atoms. The van der Waals surface area contributed by atoms with Crippen LogP contribution in [0.4, 0.5) is 5.82 Å². The quantitative estimate of drug-likeness (QED) is 0.685. The third-order valence-corrected chi connectivity index (χ3v) is 6.46. The van der Waals surface area contributed by atoms with Crippen LogP contribution in [0.1, 0.15) is 44.2 Å². The lowest BCUT2D eigenvalue weighted by Crippen LogP contribution is -2.42. The van der Waals surface area contributed by atoms with Gasteiger partial charge in [-0.05, 0) is 61.4 Å². The Morgan fingerprint density at radius 2 is 2.10 bits per heavy atom. The zero-order valence-electron chi connectivity index (χ0n) is 17.6. The van der Waals surface area contributed by atoms with E-state index in [0.29, 0.717) is 19.0 Å². The predicted octanol–water partition coefficient (Wildman–Crippen LogP) is 3.12. The molecule has 2 aliphatic rings. The lowest BCUT2D eigenvalue weighted by molar-refractivity contribution is -0.125. The van der Waals surface area contributed by atoms with Gasteiger partial charge in [0.2, 0.25) is 5.91 Å². The van der Waals surface area contributed by atoms with Crippen LogP contribution in [0.3, 0.4) is 0 Å². The molecule has 7 nitrogen and oxygen atoms in total. The molecular weight excluding hydrogens is 378 g/mol. The van der Waals surface area contributed by atoms with Crippen molar-refractivity contribution < 1.29 is 9.53 Å². The van der Waals surface area contributed by atoms with Crippen molar-refractivity contribution in [3.05, 3.63) is 42.5 Å². The smallest absolute Gasteiger partial charge is 0.245 e. The highest BCUT2D eigenvalue weighted by Crippen LogP contribution is 2.54. The summed E-state index contributed by atoms with van der Waals surface area (Å²) in [5, 5.41) is 4.86. The average Bonchev–Trinajstić information content (AvgIpc) is 3.33. The number of nitrogens with two attached hydrogens (primary N) is 2. The van der Waals surface area contributed by atoms with Crippen LogP contribution in [0, 0.1) is 5.41 Å². The first-order valence-corrected chi connectivity index (χ1v) is 10.7. The average molecular weight is 410 g/mol. The number of carbonyl (C=O) groups is 1. The number of hydrogen-bond acceptors (Lipinski definition) is 5. The Morgan fingerprint density at radius 3 is 2.73 bits per heavy atom. The number of carbonyl (C=O) groups excluding carboxylic acids is 1. The molecule has 2 heterocycles. The SMILES string of the molecule is C=CC(=O)N1CC[C@]2(C1)C[C@@H](n1nc(-c3ccc(OCCC)cc3)c(CN)c1N)C2. The van der Waals surface area contributed by atoms with Crippen molar-refractivity contribution in [1.82, 2.24) is 14.7 Å². The minimum Gasteiger partial charge on any atom is -0.494 e. The highest BCUT2D eigenvalue weighted by molar-refractivity contribution is 5.87. The predicted molar refractivity (Wildman–Crippen MR) is 118 cm³/mol. The first-order valence-electron chi connectivity index (χ1n) is 10.7. The number of aromatic nitrogens is 2. The van der Waals surface area contributed by atoms with Gasteiger partial charge < -0.3 is 21.1 Å². The Hall–Kier alpha value is -2.80. The van der Waals surface area contributed by atoms with Crippen LogP contribution in [0.2, 0.25) is 0 Å². The summed E-state index contributed by atoms with van der Waals surface area (Å²) in [5.41, 5.74) is 15.4. The standard InChI is InChI=1S/C23H31N5O2/c1-3-11-30-18-7-5-16(6-8-18)21-19(14-24)22(25)28(26-21)17-12-23(13-17)9-10-27(15-23)20(29)4-2/h4-8,17H,2-3,9-15,24-25H2,1H3/t17-,23+. The second-order valence-corrected chi connectivity index (χ2v) is 8.51. The molecule has 160 valence electrons. The van der Waals surface area contributed by atoms with Gasteiger partial charge in [0, 0.05) is 30.8 Å². The molecular formula is C23H31N5O2. The summed E-state index contributed by atoms with van der Waals surface area (Å²) in [5.74, 6) is 1.52. The van der Waals surface area contributed by atoms with Gasteiger partial charge in [-0.3, -0.25) is 4.79 Å². The lowest BCUT2D eigenvalue weighted by atomic mass is 9.65. The van der Waals surface area contributed by atoms with E-state index < -0.39 is 0 Å². The van der Waals surface area contributed by atoms with Crippen molar-refractivity contribution in [1.29, 1.82) is 0 Å². The maximum absolute atomic E-state index is 11.9. The summed E-state index contributed by atoms with van der Waals surface area (Å²) in [7, 11) is 0. The van der Waals surface area contributed by atoms with Crippen molar-refractivity contribution in [3.63, 3.8) is 0 Å². The van der Waals surface area contributed by atoms with Crippen LogP contribution in [0.15, 0.2) is 36.9 Å². The Balaban J connectivity index is 1.51. The third-order valence-electron chi connectivity index (χ3n) is 6.46. The van der Waals surface area contributed by atoms with Gasteiger partial charge in [0.1, 0.15) is 11.6 Å². The van der Waals surface area contributed by atoms with Crippen LogP contribution in [0.5, 0.6) is 5.75 Å². The molecule has 0 atom stereocenters. The van der Waals surface area contributed by atoms with E-state index in [1.54, 1.807) is 0 Å². The fourth-order valence-electron chi connectivity index (χ4n) is 4.82. The minimum absolute atomic E-state index is 0.0213. The number of anilines is 1. The maximum atomic E-state index is 11.9. The van der Waals surface area contributed by atoms with Crippen LogP contribution in [-0.2, 0) is 11.3 Å². The van der Waals surface area contributed by atoms with Gasteiger partial charge in [-0.2, -0.15) is 5.10 Å². The molecule has 1 saturated heterocycles. The number of ether oxygens (including phenoxy) is 1. The fraction of sp³-hybridized carbons (Fsp3) is 0.478. The molecule has 4 rings (SSSR count). The highest BCUT2D eigenvalue weighted by Gasteiger charge is 2.50. The van der Waals surface area contributed by atoms with Crippen LogP contribution in [0.25, 0.3) is 11.3 Å². The van der Waals surface area contributed by atoms with E-state index in [1.165, 1.54) is 6.08 Å². The Morgan fingerprint density at radius 1 is 1.37 bits per heavy atom. The molecule has 1 aliphatic heterocycles. The molecule has 2 aromatic rings. The van der Waals surface area contributed by atoms with Crippen LogP contribution < -0.4 is 16.2 Å². The topological polar surface area (TPSA) is 99.4 Å². The third kappa shape index (κ3) is 3.58. The second-order valence-electron chi connectivity index (χ2n) is 8.51. The summed E-state index contributed by atoms with van der Waals surface area (Å²) in [6.07, 6.45) is 5.36. The Kier molecular flexibility index (Phi) is 5.56. The van der Waals surface area contributed by atoms with Crippen molar-refractivity contribution in [2.24, 2.45) is 11.1 Å². The Labute approximate surface area is 177 Å². The molecule has 7 heteroatoms. The van der Waals surface area contributed by atoms with E-state index in [0.717, 1.165) is 61.3 Å². The van der Waals surface area contributed by atoms with Crippen molar-refractivity contribution in [2.45, 2.75) is 45.2 Å². The molecule has 1 saturated carbocycles. The van der Waals surface area contributed by atoms with E-state index in [9.17, 15) is 4.79 Å². The lowest BCUT2D eigenvalue weighted by Gasteiger charge is -2.45. The molecule has 0 unspecified atom stereocenters. The molecule has 0 radical (unpaired) electrons. The summed E-state index contributed by atoms with van der Waals surface area (Å²) in [6, 6.07) is 8.18. The summed E-state index contributed by atoms with van der Waals surface area (Å²) in [6.45, 7) is 8.33. The van der Waals surface area contributed by atoms with Gasteiger partial charge in [0.05, 0.1) is 18.3 Å². The first kappa shape index (κ1) is 20.5.